The predicted molar refractivity (Wildman–Crippen MR) is 87.8 cm³/mol. The van der Waals surface area contributed by atoms with Gasteiger partial charge in [0, 0.05) is 28.0 Å². The van der Waals surface area contributed by atoms with Crippen LogP contribution in [0.2, 0.25) is 5.02 Å². The second kappa shape index (κ2) is 5.62. The van der Waals surface area contributed by atoms with E-state index >= 15 is 0 Å². The van der Waals surface area contributed by atoms with Crippen molar-refractivity contribution in [1.82, 2.24) is 4.98 Å². The van der Waals surface area contributed by atoms with Crippen molar-refractivity contribution in [2.24, 2.45) is 0 Å². The monoisotopic (exact) mass is 298 g/mol. The molecule has 1 heterocycles. The minimum Gasteiger partial charge on any atom is -0.497 e. The first kappa shape index (κ1) is 13.7. The maximum absolute atomic E-state index is 6.17. The molecular formula is C17H15ClN2O. The number of halogens is 1. The average Bonchev–Trinajstić information content (AvgIpc) is 2.51. The molecule has 1 aromatic heterocycles. The quantitative estimate of drug-likeness (QED) is 0.743. The van der Waals surface area contributed by atoms with Crippen LogP contribution in [-0.4, -0.2) is 12.1 Å². The van der Waals surface area contributed by atoms with Crippen LogP contribution in [0.1, 0.15) is 5.56 Å². The maximum atomic E-state index is 6.17. The number of hydrogen-bond acceptors (Lipinski definition) is 3. The fourth-order valence-electron chi connectivity index (χ4n) is 2.25. The van der Waals surface area contributed by atoms with E-state index in [1.165, 1.54) is 0 Å². The Hall–Kier alpha value is -2.26. The van der Waals surface area contributed by atoms with Crippen LogP contribution in [0.5, 0.6) is 5.75 Å². The Balaban J connectivity index is 2.09. The Morgan fingerprint density at radius 3 is 2.76 bits per heavy atom. The smallest absolute Gasteiger partial charge is 0.119 e. The number of aromatic nitrogens is 1. The van der Waals surface area contributed by atoms with Crippen LogP contribution in [0.3, 0.4) is 0 Å². The Labute approximate surface area is 128 Å². The van der Waals surface area contributed by atoms with E-state index in [4.69, 9.17) is 16.3 Å². The molecule has 3 nitrogen and oxygen atoms in total. The first-order valence-corrected chi connectivity index (χ1v) is 7.02. The Morgan fingerprint density at radius 1 is 1.10 bits per heavy atom. The molecule has 4 heteroatoms. The lowest BCUT2D eigenvalue weighted by atomic mass is 10.1. The van der Waals surface area contributed by atoms with Gasteiger partial charge in [-0.3, -0.25) is 4.98 Å². The molecule has 0 spiro atoms. The van der Waals surface area contributed by atoms with Gasteiger partial charge in [0.05, 0.1) is 12.6 Å². The van der Waals surface area contributed by atoms with E-state index in [9.17, 15) is 0 Å². The van der Waals surface area contributed by atoms with Crippen LogP contribution in [0, 0.1) is 6.92 Å². The minimum atomic E-state index is 0.746. The van der Waals surface area contributed by atoms with Crippen LogP contribution < -0.4 is 10.1 Å². The van der Waals surface area contributed by atoms with E-state index in [0.29, 0.717) is 0 Å². The first-order chi connectivity index (χ1) is 10.2. The SMILES string of the molecule is COc1ccc2nccc(Nc3cccc(Cl)c3C)c2c1. The number of ether oxygens (including phenoxy) is 1. The zero-order valence-electron chi connectivity index (χ0n) is 11.9. The van der Waals surface area contributed by atoms with E-state index in [1.54, 1.807) is 13.3 Å². The van der Waals surface area contributed by atoms with Crippen molar-refractivity contribution >= 4 is 33.9 Å². The molecule has 0 aliphatic rings. The molecule has 3 aromatic rings. The minimum absolute atomic E-state index is 0.746. The molecule has 2 aromatic carbocycles. The Bertz CT molecular complexity index is 802. The average molecular weight is 299 g/mol. The summed E-state index contributed by atoms with van der Waals surface area (Å²) in [7, 11) is 1.66. The molecule has 21 heavy (non-hydrogen) atoms. The van der Waals surface area contributed by atoms with E-state index in [-0.39, 0.29) is 0 Å². The van der Waals surface area contributed by atoms with Crippen LogP contribution >= 0.6 is 11.6 Å². The fourth-order valence-corrected chi connectivity index (χ4v) is 2.42. The highest BCUT2D eigenvalue weighted by Gasteiger charge is 2.07. The molecular weight excluding hydrogens is 284 g/mol. The van der Waals surface area contributed by atoms with Crippen molar-refractivity contribution in [2.45, 2.75) is 6.92 Å². The fraction of sp³-hybridized carbons (Fsp3) is 0.118. The Kier molecular flexibility index (Phi) is 3.67. The summed E-state index contributed by atoms with van der Waals surface area (Å²) in [6.45, 7) is 1.99. The number of rotatable bonds is 3. The highest BCUT2D eigenvalue weighted by molar-refractivity contribution is 6.31. The standard InChI is InChI=1S/C17H15ClN2O/c1-11-14(18)4-3-5-15(11)20-17-8-9-19-16-7-6-12(21-2)10-13(16)17/h3-10H,1-2H3,(H,19,20). The van der Waals surface area contributed by atoms with Gasteiger partial charge < -0.3 is 10.1 Å². The number of hydrogen-bond donors (Lipinski definition) is 1. The van der Waals surface area contributed by atoms with Gasteiger partial charge in [0.2, 0.25) is 0 Å². The van der Waals surface area contributed by atoms with Gasteiger partial charge in [-0.2, -0.15) is 0 Å². The molecule has 0 radical (unpaired) electrons. The normalized spacial score (nSPS) is 10.6. The third kappa shape index (κ3) is 2.65. The number of methoxy groups -OCH3 is 1. The summed E-state index contributed by atoms with van der Waals surface area (Å²) in [5, 5.41) is 5.18. The number of fused-ring (bicyclic) bond motifs is 1. The molecule has 1 N–H and O–H groups in total. The summed E-state index contributed by atoms with van der Waals surface area (Å²) in [6, 6.07) is 13.6. The molecule has 0 saturated heterocycles. The number of nitrogens with one attached hydrogen (secondary N) is 1. The molecule has 0 unspecified atom stereocenters. The van der Waals surface area contributed by atoms with E-state index < -0.39 is 0 Å². The molecule has 106 valence electrons. The molecule has 0 atom stereocenters. The molecule has 0 aliphatic heterocycles. The number of anilines is 2. The maximum Gasteiger partial charge on any atom is 0.119 e. The van der Waals surface area contributed by atoms with Gasteiger partial charge in [-0.1, -0.05) is 17.7 Å². The lowest BCUT2D eigenvalue weighted by molar-refractivity contribution is 0.415. The van der Waals surface area contributed by atoms with Crippen molar-refractivity contribution in [3.8, 4) is 5.75 Å². The third-order valence-electron chi connectivity index (χ3n) is 3.49. The molecule has 3 rings (SSSR count). The Morgan fingerprint density at radius 2 is 1.95 bits per heavy atom. The van der Waals surface area contributed by atoms with E-state index in [0.717, 1.165) is 38.6 Å². The molecule has 0 amide bonds. The van der Waals surface area contributed by atoms with Crippen LogP contribution in [0.25, 0.3) is 10.9 Å². The van der Waals surface area contributed by atoms with Gasteiger partial charge in [-0.25, -0.2) is 0 Å². The number of nitrogens with zero attached hydrogens (tertiary/aromatic N) is 1. The van der Waals surface area contributed by atoms with Gasteiger partial charge in [-0.05, 0) is 48.9 Å². The van der Waals surface area contributed by atoms with Gasteiger partial charge in [0.1, 0.15) is 5.75 Å². The summed E-state index contributed by atoms with van der Waals surface area (Å²) in [5.74, 6) is 0.807. The molecule has 0 saturated carbocycles. The van der Waals surface area contributed by atoms with Crippen LogP contribution in [-0.2, 0) is 0 Å². The zero-order valence-corrected chi connectivity index (χ0v) is 12.6. The summed E-state index contributed by atoms with van der Waals surface area (Å²) in [6.07, 6.45) is 1.79. The van der Waals surface area contributed by atoms with Crippen LogP contribution in [0.4, 0.5) is 11.4 Å². The van der Waals surface area contributed by atoms with E-state index in [1.807, 2.05) is 49.4 Å². The van der Waals surface area contributed by atoms with Gasteiger partial charge in [0.15, 0.2) is 0 Å². The summed E-state index contributed by atoms with van der Waals surface area (Å²) in [5.41, 5.74) is 3.90. The number of pyridine rings is 1. The topological polar surface area (TPSA) is 34.1 Å². The lowest BCUT2D eigenvalue weighted by Crippen LogP contribution is -1.95. The van der Waals surface area contributed by atoms with Gasteiger partial charge in [-0.15, -0.1) is 0 Å². The van der Waals surface area contributed by atoms with Crippen LogP contribution in [0.15, 0.2) is 48.7 Å². The second-order valence-corrected chi connectivity index (χ2v) is 5.19. The van der Waals surface area contributed by atoms with Gasteiger partial charge >= 0.3 is 0 Å². The third-order valence-corrected chi connectivity index (χ3v) is 3.90. The lowest BCUT2D eigenvalue weighted by Gasteiger charge is -2.13. The largest absolute Gasteiger partial charge is 0.497 e. The first-order valence-electron chi connectivity index (χ1n) is 6.64. The van der Waals surface area contributed by atoms with Crippen molar-refractivity contribution in [2.75, 3.05) is 12.4 Å². The van der Waals surface area contributed by atoms with Crippen molar-refractivity contribution in [1.29, 1.82) is 0 Å². The highest BCUT2D eigenvalue weighted by atomic mass is 35.5. The number of benzene rings is 2. The molecule has 0 aliphatic carbocycles. The summed E-state index contributed by atoms with van der Waals surface area (Å²) >= 11 is 6.17. The summed E-state index contributed by atoms with van der Waals surface area (Å²) in [4.78, 5) is 4.38. The van der Waals surface area contributed by atoms with Gasteiger partial charge in [0.25, 0.3) is 0 Å². The predicted octanol–water partition coefficient (Wildman–Crippen LogP) is 4.95. The highest BCUT2D eigenvalue weighted by Crippen LogP contribution is 2.31. The van der Waals surface area contributed by atoms with Crippen molar-refractivity contribution in [3.63, 3.8) is 0 Å². The van der Waals surface area contributed by atoms with Crippen molar-refractivity contribution in [3.05, 3.63) is 59.2 Å². The molecule has 0 bridgehead atoms. The second-order valence-electron chi connectivity index (χ2n) is 4.78. The zero-order chi connectivity index (χ0) is 14.8. The van der Waals surface area contributed by atoms with Crippen molar-refractivity contribution < 1.29 is 4.74 Å². The summed E-state index contributed by atoms with van der Waals surface area (Å²) < 4.78 is 5.29. The molecule has 0 fully saturated rings. The van der Waals surface area contributed by atoms with E-state index in [2.05, 4.69) is 10.3 Å².